The first-order valence-corrected chi connectivity index (χ1v) is 8.61. The SMILES string of the molecule is COc1ccc(NC(=O)c2cc(Cl)c(I)cc2OC)cc1NC(C)=O. The van der Waals surface area contributed by atoms with E-state index in [1.165, 1.54) is 21.1 Å². The lowest BCUT2D eigenvalue weighted by Crippen LogP contribution is -2.14. The number of halogens is 2. The molecule has 0 spiro atoms. The third-order valence-electron chi connectivity index (χ3n) is 3.26. The molecule has 0 aromatic heterocycles. The summed E-state index contributed by atoms with van der Waals surface area (Å²) in [6.45, 7) is 1.39. The molecule has 0 radical (unpaired) electrons. The van der Waals surface area contributed by atoms with Gasteiger partial charge in [-0.2, -0.15) is 0 Å². The lowest BCUT2D eigenvalue weighted by molar-refractivity contribution is -0.114. The second-order valence-corrected chi connectivity index (χ2v) is 6.59. The van der Waals surface area contributed by atoms with E-state index in [-0.39, 0.29) is 11.8 Å². The summed E-state index contributed by atoms with van der Waals surface area (Å²) < 4.78 is 11.2. The van der Waals surface area contributed by atoms with Crippen LogP contribution in [0.1, 0.15) is 17.3 Å². The van der Waals surface area contributed by atoms with Crippen LogP contribution in [-0.4, -0.2) is 26.0 Å². The highest BCUT2D eigenvalue weighted by atomic mass is 127. The minimum atomic E-state index is -0.380. The number of methoxy groups -OCH3 is 2. The number of nitrogens with one attached hydrogen (secondary N) is 2. The van der Waals surface area contributed by atoms with Gasteiger partial charge in [0.15, 0.2) is 0 Å². The summed E-state index contributed by atoms with van der Waals surface area (Å²) in [6, 6.07) is 8.17. The van der Waals surface area contributed by atoms with E-state index in [1.807, 2.05) is 0 Å². The van der Waals surface area contributed by atoms with E-state index in [4.69, 9.17) is 21.1 Å². The maximum Gasteiger partial charge on any atom is 0.259 e. The number of carbonyl (C=O) groups is 2. The Labute approximate surface area is 164 Å². The third-order valence-corrected chi connectivity index (χ3v) is 4.78. The zero-order valence-electron chi connectivity index (χ0n) is 13.8. The molecule has 0 saturated heterocycles. The number of ether oxygens (including phenoxy) is 2. The van der Waals surface area contributed by atoms with Crippen molar-refractivity contribution in [3.63, 3.8) is 0 Å². The van der Waals surface area contributed by atoms with Gasteiger partial charge in [-0.15, -0.1) is 0 Å². The molecule has 0 atom stereocenters. The Balaban J connectivity index is 2.32. The van der Waals surface area contributed by atoms with Crippen LogP contribution in [0, 0.1) is 3.57 Å². The van der Waals surface area contributed by atoms with Gasteiger partial charge in [-0.05, 0) is 52.9 Å². The Morgan fingerprint density at radius 1 is 1.04 bits per heavy atom. The van der Waals surface area contributed by atoms with Gasteiger partial charge in [-0.3, -0.25) is 9.59 Å². The molecular weight excluding hydrogens is 459 g/mol. The van der Waals surface area contributed by atoms with Crippen LogP contribution in [0.15, 0.2) is 30.3 Å². The molecule has 0 heterocycles. The first-order valence-electron chi connectivity index (χ1n) is 7.15. The van der Waals surface area contributed by atoms with Crippen LogP contribution < -0.4 is 20.1 Å². The third kappa shape index (κ3) is 4.76. The highest BCUT2D eigenvalue weighted by Gasteiger charge is 2.16. The summed E-state index contributed by atoms with van der Waals surface area (Å²) in [7, 11) is 2.98. The first-order chi connectivity index (χ1) is 11.8. The number of hydrogen-bond donors (Lipinski definition) is 2. The number of rotatable bonds is 5. The van der Waals surface area contributed by atoms with Crippen molar-refractivity contribution in [1.29, 1.82) is 0 Å². The summed E-state index contributed by atoms with van der Waals surface area (Å²) in [5.41, 5.74) is 1.26. The highest BCUT2D eigenvalue weighted by molar-refractivity contribution is 14.1. The van der Waals surface area contributed by atoms with E-state index < -0.39 is 0 Å². The van der Waals surface area contributed by atoms with Gasteiger partial charge >= 0.3 is 0 Å². The average Bonchev–Trinajstić information content (AvgIpc) is 2.56. The van der Waals surface area contributed by atoms with Crippen molar-refractivity contribution in [3.8, 4) is 11.5 Å². The molecule has 0 aliphatic carbocycles. The fourth-order valence-corrected chi connectivity index (χ4v) is 2.75. The predicted molar refractivity (Wildman–Crippen MR) is 106 cm³/mol. The maximum atomic E-state index is 12.6. The Kier molecular flexibility index (Phi) is 6.49. The van der Waals surface area contributed by atoms with Crippen molar-refractivity contribution in [1.82, 2.24) is 0 Å². The van der Waals surface area contributed by atoms with Crippen molar-refractivity contribution in [3.05, 3.63) is 44.5 Å². The van der Waals surface area contributed by atoms with Gasteiger partial charge in [0, 0.05) is 16.2 Å². The molecule has 8 heteroatoms. The first kappa shape index (κ1) is 19.3. The lowest BCUT2D eigenvalue weighted by Gasteiger charge is -2.13. The molecule has 2 amide bonds. The number of amides is 2. The highest BCUT2D eigenvalue weighted by Crippen LogP contribution is 2.31. The molecule has 0 bridgehead atoms. The van der Waals surface area contributed by atoms with E-state index in [9.17, 15) is 9.59 Å². The molecule has 0 aliphatic rings. The number of benzene rings is 2. The Bertz CT molecular complexity index is 827. The zero-order chi connectivity index (χ0) is 18.6. The number of anilines is 2. The fourth-order valence-electron chi connectivity index (χ4n) is 2.15. The number of carbonyl (C=O) groups excluding carboxylic acids is 2. The fraction of sp³-hybridized carbons (Fsp3) is 0.176. The molecule has 132 valence electrons. The van der Waals surface area contributed by atoms with E-state index in [2.05, 4.69) is 33.2 Å². The van der Waals surface area contributed by atoms with Crippen molar-refractivity contribution in [2.45, 2.75) is 6.92 Å². The second kappa shape index (κ2) is 8.39. The molecule has 2 rings (SSSR count). The predicted octanol–water partition coefficient (Wildman–Crippen LogP) is 4.17. The molecule has 0 fully saturated rings. The number of hydrogen-bond acceptors (Lipinski definition) is 4. The van der Waals surface area contributed by atoms with Crippen LogP contribution in [0.2, 0.25) is 5.02 Å². The Morgan fingerprint density at radius 3 is 2.32 bits per heavy atom. The molecule has 0 saturated carbocycles. The standard InChI is InChI=1S/C17H16ClIN2O4/c1-9(22)20-14-6-10(4-5-15(14)24-2)21-17(23)11-7-12(18)13(19)8-16(11)25-3/h4-8H,1-3H3,(H,20,22)(H,21,23). The van der Waals surface area contributed by atoms with Crippen LogP contribution in [-0.2, 0) is 4.79 Å². The van der Waals surface area contributed by atoms with Gasteiger partial charge in [0.1, 0.15) is 11.5 Å². The van der Waals surface area contributed by atoms with E-state index in [0.717, 1.165) is 3.57 Å². The molecule has 25 heavy (non-hydrogen) atoms. The normalized spacial score (nSPS) is 10.1. The van der Waals surface area contributed by atoms with Crippen LogP contribution >= 0.6 is 34.2 Å². The van der Waals surface area contributed by atoms with Gasteiger partial charge in [-0.25, -0.2) is 0 Å². The maximum absolute atomic E-state index is 12.6. The Hall–Kier alpha value is -2.00. The van der Waals surface area contributed by atoms with Crippen molar-refractivity contribution in [2.24, 2.45) is 0 Å². The molecule has 2 aromatic rings. The van der Waals surface area contributed by atoms with Gasteiger partial charge < -0.3 is 20.1 Å². The molecule has 0 unspecified atom stereocenters. The van der Waals surface area contributed by atoms with Crippen LogP contribution in [0.4, 0.5) is 11.4 Å². The van der Waals surface area contributed by atoms with Crippen LogP contribution in [0.3, 0.4) is 0 Å². The summed E-state index contributed by atoms with van der Waals surface area (Å²) in [4.78, 5) is 23.9. The van der Waals surface area contributed by atoms with Crippen LogP contribution in [0.5, 0.6) is 11.5 Å². The zero-order valence-corrected chi connectivity index (χ0v) is 16.7. The molecule has 2 N–H and O–H groups in total. The summed E-state index contributed by atoms with van der Waals surface area (Å²) >= 11 is 8.17. The summed E-state index contributed by atoms with van der Waals surface area (Å²) in [6.07, 6.45) is 0. The Morgan fingerprint density at radius 2 is 1.72 bits per heavy atom. The second-order valence-electron chi connectivity index (χ2n) is 5.02. The topological polar surface area (TPSA) is 76.7 Å². The molecular formula is C17H16ClIN2O4. The van der Waals surface area contributed by atoms with Gasteiger partial charge in [0.25, 0.3) is 5.91 Å². The van der Waals surface area contributed by atoms with E-state index >= 15 is 0 Å². The van der Waals surface area contributed by atoms with Crippen molar-refractivity contribution in [2.75, 3.05) is 24.9 Å². The van der Waals surface area contributed by atoms with E-state index in [0.29, 0.717) is 33.5 Å². The average molecular weight is 475 g/mol. The van der Waals surface area contributed by atoms with Gasteiger partial charge in [-0.1, -0.05) is 11.6 Å². The molecule has 0 aliphatic heterocycles. The molecule has 6 nitrogen and oxygen atoms in total. The minimum absolute atomic E-state index is 0.243. The largest absolute Gasteiger partial charge is 0.496 e. The monoisotopic (exact) mass is 474 g/mol. The molecule has 2 aromatic carbocycles. The van der Waals surface area contributed by atoms with Gasteiger partial charge in [0.2, 0.25) is 5.91 Å². The van der Waals surface area contributed by atoms with Gasteiger partial charge in [0.05, 0.1) is 30.5 Å². The van der Waals surface area contributed by atoms with Crippen LogP contribution in [0.25, 0.3) is 0 Å². The smallest absolute Gasteiger partial charge is 0.259 e. The summed E-state index contributed by atoms with van der Waals surface area (Å²) in [5.74, 6) is 0.284. The van der Waals surface area contributed by atoms with Crippen molar-refractivity contribution < 1.29 is 19.1 Å². The lowest BCUT2D eigenvalue weighted by atomic mass is 10.1. The quantitative estimate of drug-likeness (QED) is 0.638. The van der Waals surface area contributed by atoms with Crippen molar-refractivity contribution >= 4 is 57.4 Å². The minimum Gasteiger partial charge on any atom is -0.496 e. The summed E-state index contributed by atoms with van der Waals surface area (Å²) in [5, 5.41) is 5.87. The van der Waals surface area contributed by atoms with E-state index in [1.54, 1.807) is 30.3 Å².